The Morgan fingerprint density at radius 1 is 0.979 bits per heavy atom. The fourth-order valence-corrected chi connectivity index (χ4v) is 6.03. The van der Waals surface area contributed by atoms with Gasteiger partial charge in [0, 0.05) is 62.0 Å². The summed E-state index contributed by atoms with van der Waals surface area (Å²) < 4.78 is 31.0. The van der Waals surface area contributed by atoms with Crippen LogP contribution in [-0.2, 0) is 16.6 Å². The van der Waals surface area contributed by atoms with Crippen LogP contribution in [0.15, 0.2) is 91.1 Å². The second kappa shape index (κ2) is 16.0. The van der Waals surface area contributed by atoms with E-state index in [0.717, 1.165) is 43.4 Å². The standard InChI is InChI=1S/C33H35ClN6O5S.ClH/c1-35-32(41)29-20-25(11-14-30(29)34)37-33(42)40(26-6-4-3-5-7-26)27-16-18-39(19-17-27)22-23-8-15-31(36-21-23)45-28-12-9-24(10-13-28)38-46(2,43)44;/h3-15,20-21,27,38H,16-19,22H2,1-2H3,(H,35,41)(H,37,42);1H. The zero-order chi connectivity index (χ0) is 32.7. The molecule has 1 saturated heterocycles. The van der Waals surface area contributed by atoms with Gasteiger partial charge >= 0.3 is 6.03 Å². The van der Waals surface area contributed by atoms with Crippen molar-refractivity contribution in [2.75, 3.05) is 41.3 Å². The van der Waals surface area contributed by atoms with E-state index < -0.39 is 10.0 Å². The number of para-hydroxylation sites is 1. The molecule has 3 aromatic carbocycles. The normalized spacial score (nSPS) is 13.6. The molecule has 3 amide bonds. The maximum absolute atomic E-state index is 13.7. The molecule has 1 aliphatic heterocycles. The fourth-order valence-electron chi connectivity index (χ4n) is 5.26. The lowest BCUT2D eigenvalue weighted by Gasteiger charge is -2.38. The van der Waals surface area contributed by atoms with Crippen molar-refractivity contribution in [1.82, 2.24) is 15.2 Å². The number of carbonyl (C=O) groups excluding carboxylic acids is 2. The molecule has 3 N–H and O–H groups in total. The number of aromatic nitrogens is 1. The lowest BCUT2D eigenvalue weighted by Crippen LogP contribution is -2.49. The number of rotatable bonds is 10. The molecule has 0 atom stereocenters. The summed E-state index contributed by atoms with van der Waals surface area (Å²) in [6, 6.07) is 24.5. The van der Waals surface area contributed by atoms with Crippen molar-refractivity contribution in [1.29, 1.82) is 0 Å². The van der Waals surface area contributed by atoms with Crippen molar-refractivity contribution in [2.45, 2.75) is 25.4 Å². The number of hydrogen-bond acceptors (Lipinski definition) is 7. The molecule has 14 heteroatoms. The van der Waals surface area contributed by atoms with Crippen LogP contribution in [0.4, 0.5) is 21.9 Å². The van der Waals surface area contributed by atoms with Gasteiger partial charge in [0.2, 0.25) is 15.9 Å². The third-order valence-electron chi connectivity index (χ3n) is 7.45. The molecular weight excluding hydrogens is 663 g/mol. The number of likely N-dealkylation sites (tertiary alicyclic amines) is 1. The highest BCUT2D eigenvalue weighted by Crippen LogP contribution is 2.28. The van der Waals surface area contributed by atoms with Gasteiger partial charge in [0.05, 0.1) is 16.8 Å². The van der Waals surface area contributed by atoms with E-state index in [0.29, 0.717) is 34.6 Å². The number of piperidine rings is 1. The minimum Gasteiger partial charge on any atom is -0.439 e. The van der Waals surface area contributed by atoms with Crippen molar-refractivity contribution < 1.29 is 22.7 Å². The first-order valence-electron chi connectivity index (χ1n) is 14.7. The lowest BCUT2D eigenvalue weighted by molar-refractivity contribution is 0.0963. The first kappa shape index (κ1) is 35.5. The average Bonchev–Trinajstić information content (AvgIpc) is 3.04. The minimum absolute atomic E-state index is 0. The van der Waals surface area contributed by atoms with Gasteiger partial charge in [-0.1, -0.05) is 35.9 Å². The molecule has 0 bridgehead atoms. The summed E-state index contributed by atoms with van der Waals surface area (Å²) >= 11 is 6.20. The third-order valence-corrected chi connectivity index (χ3v) is 8.38. The number of hydrogen-bond donors (Lipinski definition) is 3. The summed E-state index contributed by atoms with van der Waals surface area (Å²) in [5, 5.41) is 5.83. The van der Waals surface area contributed by atoms with Gasteiger partial charge in [-0.05, 0) is 73.0 Å². The summed E-state index contributed by atoms with van der Waals surface area (Å²) in [6.07, 6.45) is 4.42. The average molecular weight is 700 g/mol. The van der Waals surface area contributed by atoms with Gasteiger partial charge in [-0.15, -0.1) is 12.4 Å². The predicted octanol–water partition coefficient (Wildman–Crippen LogP) is 6.38. The zero-order valence-electron chi connectivity index (χ0n) is 25.9. The van der Waals surface area contributed by atoms with E-state index in [1.54, 1.807) is 59.6 Å². The van der Waals surface area contributed by atoms with E-state index in [1.165, 1.54) is 7.05 Å². The Labute approximate surface area is 285 Å². The first-order chi connectivity index (χ1) is 22.1. The minimum atomic E-state index is -3.35. The maximum Gasteiger partial charge on any atom is 0.326 e. The SMILES string of the molecule is CNC(=O)c1cc(NC(=O)N(c2ccccc2)C2CCN(Cc3ccc(Oc4ccc(NS(C)(=O)=O)cc4)nc3)CC2)ccc1Cl.Cl. The topological polar surface area (TPSA) is 133 Å². The molecule has 0 aliphatic carbocycles. The van der Waals surface area contributed by atoms with E-state index in [9.17, 15) is 18.0 Å². The Balaban J connectivity index is 0.00000500. The zero-order valence-corrected chi connectivity index (χ0v) is 28.2. The molecular formula is C33H36Cl2N6O5S. The van der Waals surface area contributed by atoms with Gasteiger partial charge < -0.3 is 15.4 Å². The molecule has 248 valence electrons. The van der Waals surface area contributed by atoms with Crippen LogP contribution >= 0.6 is 24.0 Å². The molecule has 0 radical (unpaired) electrons. The highest BCUT2D eigenvalue weighted by molar-refractivity contribution is 7.92. The van der Waals surface area contributed by atoms with E-state index in [4.69, 9.17) is 16.3 Å². The highest BCUT2D eigenvalue weighted by atomic mass is 35.5. The van der Waals surface area contributed by atoms with Gasteiger partial charge in [-0.25, -0.2) is 18.2 Å². The van der Waals surface area contributed by atoms with E-state index in [-0.39, 0.29) is 36.0 Å². The summed E-state index contributed by atoms with van der Waals surface area (Å²) in [6.45, 7) is 2.28. The second-order valence-electron chi connectivity index (χ2n) is 10.9. The van der Waals surface area contributed by atoms with Gasteiger partial charge in [0.15, 0.2) is 0 Å². The first-order valence-corrected chi connectivity index (χ1v) is 16.9. The number of benzene rings is 3. The van der Waals surface area contributed by atoms with Gasteiger partial charge in [-0.2, -0.15) is 0 Å². The van der Waals surface area contributed by atoms with Crippen molar-refractivity contribution in [3.63, 3.8) is 0 Å². The van der Waals surface area contributed by atoms with Crippen LogP contribution in [0, 0.1) is 0 Å². The monoisotopic (exact) mass is 698 g/mol. The Bertz CT molecular complexity index is 1770. The van der Waals surface area contributed by atoms with Crippen LogP contribution in [-0.4, -0.2) is 62.7 Å². The van der Waals surface area contributed by atoms with Crippen molar-refractivity contribution in [3.05, 3.63) is 107 Å². The molecule has 0 unspecified atom stereocenters. The Kier molecular flexibility index (Phi) is 12.1. The largest absolute Gasteiger partial charge is 0.439 e. The molecule has 1 aromatic heterocycles. The van der Waals surface area contributed by atoms with E-state index in [1.807, 2.05) is 36.4 Å². The Morgan fingerprint density at radius 3 is 2.28 bits per heavy atom. The van der Waals surface area contributed by atoms with Crippen LogP contribution in [0.25, 0.3) is 0 Å². The fraction of sp³-hybridized carbons (Fsp3) is 0.242. The summed E-state index contributed by atoms with van der Waals surface area (Å²) in [7, 11) is -1.82. The van der Waals surface area contributed by atoms with Crippen molar-refractivity contribution in [3.8, 4) is 11.6 Å². The molecule has 4 aromatic rings. The molecule has 0 spiro atoms. The molecule has 47 heavy (non-hydrogen) atoms. The number of anilines is 3. The van der Waals surface area contributed by atoms with Crippen LogP contribution in [0.5, 0.6) is 11.6 Å². The quantitative estimate of drug-likeness (QED) is 0.175. The Morgan fingerprint density at radius 2 is 1.66 bits per heavy atom. The summed E-state index contributed by atoms with van der Waals surface area (Å²) in [5.41, 5.74) is 3.04. The number of nitrogens with one attached hydrogen (secondary N) is 3. The van der Waals surface area contributed by atoms with Crippen molar-refractivity contribution >= 4 is 63.0 Å². The number of sulfonamides is 1. The van der Waals surface area contributed by atoms with E-state index >= 15 is 0 Å². The lowest BCUT2D eigenvalue weighted by atomic mass is 10.0. The van der Waals surface area contributed by atoms with E-state index in [2.05, 4.69) is 25.2 Å². The Hall–Kier alpha value is -4.36. The van der Waals surface area contributed by atoms with Gasteiger partial charge in [-0.3, -0.25) is 19.3 Å². The van der Waals surface area contributed by atoms with Crippen LogP contribution in [0.3, 0.4) is 0 Å². The summed E-state index contributed by atoms with van der Waals surface area (Å²) in [4.78, 5) is 34.5. The molecule has 1 fully saturated rings. The number of pyridine rings is 1. The molecule has 0 saturated carbocycles. The molecule has 11 nitrogen and oxygen atoms in total. The molecule has 5 rings (SSSR count). The number of ether oxygens (including phenoxy) is 1. The molecule has 2 heterocycles. The summed E-state index contributed by atoms with van der Waals surface area (Å²) in [5.74, 6) is 0.636. The third kappa shape index (κ3) is 9.82. The van der Waals surface area contributed by atoms with Crippen molar-refractivity contribution in [2.24, 2.45) is 0 Å². The van der Waals surface area contributed by atoms with Crippen LogP contribution < -0.4 is 25.0 Å². The number of halogens is 2. The number of urea groups is 1. The highest BCUT2D eigenvalue weighted by Gasteiger charge is 2.29. The predicted molar refractivity (Wildman–Crippen MR) is 188 cm³/mol. The smallest absolute Gasteiger partial charge is 0.326 e. The number of carbonyl (C=O) groups is 2. The van der Waals surface area contributed by atoms with Gasteiger partial charge in [0.1, 0.15) is 5.75 Å². The molecule has 1 aliphatic rings. The van der Waals surface area contributed by atoms with Crippen LogP contribution in [0.2, 0.25) is 5.02 Å². The van der Waals surface area contributed by atoms with Crippen LogP contribution in [0.1, 0.15) is 28.8 Å². The number of amides is 3. The maximum atomic E-state index is 13.7. The number of nitrogens with zero attached hydrogens (tertiary/aromatic N) is 3. The van der Waals surface area contributed by atoms with Gasteiger partial charge in [0.25, 0.3) is 5.91 Å². The second-order valence-corrected chi connectivity index (χ2v) is 13.1.